The van der Waals surface area contributed by atoms with Crippen molar-refractivity contribution < 1.29 is 14.7 Å². The number of carboxylic acids is 1. The van der Waals surface area contributed by atoms with Crippen molar-refractivity contribution in [3.05, 3.63) is 52.8 Å². The summed E-state index contributed by atoms with van der Waals surface area (Å²) in [6.45, 7) is 1.70. The Hall–Kier alpha value is -2.43. The quantitative estimate of drug-likeness (QED) is 0.804. The third-order valence-corrected chi connectivity index (χ3v) is 2.71. The number of hydrogen-bond donors (Lipinski definition) is 2. The number of Topliss-reactive ketones (excluding diaryl/α,β-unsaturated/α-hetero) is 1. The van der Waals surface area contributed by atoms with Crippen molar-refractivity contribution in [2.45, 2.75) is 13.3 Å². The molecular weight excluding hydrogens is 232 g/mol. The maximum absolute atomic E-state index is 12.0. The molecule has 2 N–H and O–H groups in total. The van der Waals surface area contributed by atoms with E-state index in [1.54, 1.807) is 31.2 Å². The number of hydrogen-bond acceptors (Lipinski definition) is 3. The fourth-order valence-electron chi connectivity index (χ4n) is 1.73. The van der Waals surface area contributed by atoms with E-state index in [1.807, 2.05) is 6.07 Å². The average Bonchev–Trinajstić information content (AvgIpc) is 2.72. The van der Waals surface area contributed by atoms with Gasteiger partial charge in [0, 0.05) is 23.2 Å². The van der Waals surface area contributed by atoms with Crippen LogP contribution in [-0.4, -0.2) is 27.1 Å². The molecule has 1 aromatic heterocycles. The minimum atomic E-state index is -1.13. The molecule has 0 spiro atoms. The van der Waals surface area contributed by atoms with E-state index < -0.39 is 5.97 Å². The van der Waals surface area contributed by atoms with E-state index in [0.717, 1.165) is 0 Å². The molecule has 0 saturated heterocycles. The Morgan fingerprint density at radius 3 is 2.56 bits per heavy atom. The second-order valence-electron chi connectivity index (χ2n) is 3.95. The van der Waals surface area contributed by atoms with Crippen LogP contribution in [-0.2, 0) is 6.42 Å². The van der Waals surface area contributed by atoms with Gasteiger partial charge in [-0.15, -0.1) is 0 Å². The fraction of sp³-hybridized carbons (Fsp3) is 0.154. The van der Waals surface area contributed by atoms with Crippen molar-refractivity contribution in [3.63, 3.8) is 0 Å². The van der Waals surface area contributed by atoms with E-state index in [-0.39, 0.29) is 17.9 Å². The van der Waals surface area contributed by atoms with Gasteiger partial charge in [0.2, 0.25) is 0 Å². The first-order valence-corrected chi connectivity index (χ1v) is 5.45. The number of aromatic carboxylic acids is 1. The van der Waals surface area contributed by atoms with Crippen molar-refractivity contribution in [2.24, 2.45) is 0 Å². The van der Waals surface area contributed by atoms with Gasteiger partial charge in [-0.2, -0.15) is 5.10 Å². The second kappa shape index (κ2) is 4.83. The molecular formula is C13H12N2O3. The van der Waals surface area contributed by atoms with Crippen molar-refractivity contribution in [3.8, 4) is 0 Å². The molecule has 92 valence electrons. The number of nitrogens with zero attached hydrogens (tertiary/aromatic N) is 1. The number of aryl methyl sites for hydroxylation is 1. The van der Waals surface area contributed by atoms with Gasteiger partial charge in [-0.05, 0) is 6.92 Å². The maximum Gasteiger partial charge on any atom is 0.356 e. The topological polar surface area (TPSA) is 83.1 Å². The summed E-state index contributed by atoms with van der Waals surface area (Å²) in [5.74, 6) is -1.25. The number of carbonyl (C=O) groups is 2. The number of carbonyl (C=O) groups excluding carboxylic acids is 1. The zero-order valence-corrected chi connectivity index (χ0v) is 9.80. The predicted molar refractivity (Wildman–Crippen MR) is 64.8 cm³/mol. The minimum Gasteiger partial charge on any atom is -0.476 e. The number of rotatable bonds is 4. The smallest absolute Gasteiger partial charge is 0.356 e. The number of benzene rings is 1. The van der Waals surface area contributed by atoms with Crippen LogP contribution in [0.1, 0.15) is 32.1 Å². The van der Waals surface area contributed by atoms with Gasteiger partial charge in [-0.25, -0.2) is 4.79 Å². The highest BCUT2D eigenvalue weighted by Gasteiger charge is 2.19. The molecule has 5 heteroatoms. The third-order valence-electron chi connectivity index (χ3n) is 2.71. The summed E-state index contributed by atoms with van der Waals surface area (Å²) >= 11 is 0. The summed E-state index contributed by atoms with van der Waals surface area (Å²) in [5, 5.41) is 15.2. The van der Waals surface area contributed by atoms with Crippen LogP contribution in [0, 0.1) is 6.92 Å². The van der Waals surface area contributed by atoms with Crippen molar-refractivity contribution in [1.82, 2.24) is 10.2 Å². The van der Waals surface area contributed by atoms with Gasteiger partial charge >= 0.3 is 5.97 Å². The summed E-state index contributed by atoms with van der Waals surface area (Å²) in [4.78, 5) is 23.0. The van der Waals surface area contributed by atoms with Crippen LogP contribution in [0.3, 0.4) is 0 Å². The van der Waals surface area contributed by atoms with E-state index in [0.29, 0.717) is 16.8 Å². The lowest BCUT2D eigenvalue weighted by Gasteiger charge is -2.01. The predicted octanol–water partition coefficient (Wildman–Crippen LogP) is 1.84. The highest BCUT2D eigenvalue weighted by atomic mass is 16.4. The maximum atomic E-state index is 12.0. The van der Waals surface area contributed by atoms with Crippen LogP contribution in [0.2, 0.25) is 0 Å². The zero-order valence-electron chi connectivity index (χ0n) is 9.80. The van der Waals surface area contributed by atoms with Crippen LogP contribution in [0.5, 0.6) is 0 Å². The SMILES string of the molecule is Cc1[nH]nc(C(=O)O)c1CC(=O)c1ccccc1. The van der Waals surface area contributed by atoms with Crippen LogP contribution in [0.15, 0.2) is 30.3 Å². The summed E-state index contributed by atoms with van der Waals surface area (Å²) in [7, 11) is 0. The van der Waals surface area contributed by atoms with E-state index in [1.165, 1.54) is 0 Å². The van der Waals surface area contributed by atoms with Gasteiger partial charge in [0.1, 0.15) is 0 Å². The lowest BCUT2D eigenvalue weighted by atomic mass is 10.0. The van der Waals surface area contributed by atoms with Crippen LogP contribution >= 0.6 is 0 Å². The molecule has 2 aromatic rings. The first-order chi connectivity index (χ1) is 8.59. The van der Waals surface area contributed by atoms with Crippen molar-refractivity contribution in [2.75, 3.05) is 0 Å². The lowest BCUT2D eigenvalue weighted by Crippen LogP contribution is -2.08. The normalized spacial score (nSPS) is 10.3. The van der Waals surface area contributed by atoms with Gasteiger partial charge in [-0.3, -0.25) is 9.89 Å². The fourth-order valence-corrected chi connectivity index (χ4v) is 1.73. The highest BCUT2D eigenvalue weighted by molar-refractivity contribution is 5.99. The van der Waals surface area contributed by atoms with Crippen LogP contribution in [0.4, 0.5) is 0 Å². The van der Waals surface area contributed by atoms with E-state index in [2.05, 4.69) is 10.2 Å². The van der Waals surface area contributed by atoms with E-state index in [4.69, 9.17) is 5.11 Å². The molecule has 18 heavy (non-hydrogen) atoms. The third kappa shape index (κ3) is 2.29. The average molecular weight is 244 g/mol. The van der Waals surface area contributed by atoms with Gasteiger partial charge in [-0.1, -0.05) is 30.3 Å². The van der Waals surface area contributed by atoms with Gasteiger partial charge in [0.15, 0.2) is 11.5 Å². The van der Waals surface area contributed by atoms with Gasteiger partial charge < -0.3 is 5.11 Å². The number of aromatic amines is 1. The monoisotopic (exact) mass is 244 g/mol. The van der Waals surface area contributed by atoms with Crippen molar-refractivity contribution >= 4 is 11.8 Å². The molecule has 0 aliphatic rings. The molecule has 0 atom stereocenters. The Labute approximate surface area is 103 Å². The van der Waals surface area contributed by atoms with E-state index in [9.17, 15) is 9.59 Å². The Bertz CT molecular complexity index is 588. The van der Waals surface area contributed by atoms with Gasteiger partial charge in [0.25, 0.3) is 0 Å². The largest absolute Gasteiger partial charge is 0.476 e. The summed E-state index contributed by atoms with van der Waals surface area (Å²) in [6, 6.07) is 8.78. The summed E-state index contributed by atoms with van der Waals surface area (Å²) in [5.41, 5.74) is 1.53. The van der Waals surface area contributed by atoms with Gasteiger partial charge in [0.05, 0.1) is 0 Å². The molecule has 0 amide bonds. The molecule has 1 heterocycles. The number of H-pyrrole nitrogens is 1. The molecule has 0 unspecified atom stereocenters. The molecule has 0 saturated carbocycles. The Kier molecular flexibility index (Phi) is 3.23. The number of carboxylic acid groups (broad SMARTS) is 1. The summed E-state index contributed by atoms with van der Waals surface area (Å²) < 4.78 is 0. The molecule has 0 radical (unpaired) electrons. The van der Waals surface area contributed by atoms with E-state index >= 15 is 0 Å². The Morgan fingerprint density at radius 1 is 1.28 bits per heavy atom. The molecule has 0 bridgehead atoms. The highest BCUT2D eigenvalue weighted by Crippen LogP contribution is 2.14. The first-order valence-electron chi connectivity index (χ1n) is 5.45. The van der Waals surface area contributed by atoms with Crippen molar-refractivity contribution in [1.29, 1.82) is 0 Å². The minimum absolute atomic E-state index is 0.0357. The molecule has 0 aliphatic heterocycles. The first kappa shape index (κ1) is 12.0. The molecule has 0 fully saturated rings. The Morgan fingerprint density at radius 2 is 1.94 bits per heavy atom. The molecule has 1 aromatic carbocycles. The van der Waals surface area contributed by atoms with Crippen LogP contribution < -0.4 is 0 Å². The number of aromatic nitrogens is 2. The standard InChI is InChI=1S/C13H12N2O3/c1-8-10(12(13(17)18)15-14-8)7-11(16)9-5-3-2-4-6-9/h2-6H,7H2,1H3,(H,14,15)(H,17,18). The molecule has 2 rings (SSSR count). The number of ketones is 1. The summed E-state index contributed by atoms with van der Waals surface area (Å²) in [6.07, 6.45) is 0.0357. The zero-order chi connectivity index (χ0) is 13.1. The Balaban J connectivity index is 2.27. The number of nitrogens with one attached hydrogen (secondary N) is 1. The molecule has 5 nitrogen and oxygen atoms in total. The van der Waals surface area contributed by atoms with Crippen LogP contribution in [0.25, 0.3) is 0 Å². The lowest BCUT2D eigenvalue weighted by molar-refractivity contribution is 0.0689. The second-order valence-corrected chi connectivity index (χ2v) is 3.95. The molecule has 0 aliphatic carbocycles.